The molecule has 0 heterocycles. The second-order valence-corrected chi connectivity index (χ2v) is 7.51. The molecule has 0 N–H and O–H groups in total. The largest absolute Gasteiger partial charge is 1.00 e. The molecule has 0 rings (SSSR count). The van der Waals surface area contributed by atoms with Crippen LogP contribution >= 0.6 is 10.8 Å². The van der Waals surface area contributed by atoms with Crippen LogP contribution in [0.25, 0.3) is 0 Å². The van der Waals surface area contributed by atoms with E-state index in [2.05, 4.69) is 0 Å². The molecule has 0 aromatic heterocycles. The Morgan fingerprint density at radius 2 is 1.67 bits per heavy atom. The van der Waals surface area contributed by atoms with Crippen LogP contribution in [0.5, 0.6) is 0 Å². The van der Waals surface area contributed by atoms with Crippen LogP contribution in [-0.4, -0.2) is 39.1 Å². The van der Waals surface area contributed by atoms with Crippen molar-refractivity contribution in [2.75, 3.05) is 17.8 Å². The van der Waals surface area contributed by atoms with E-state index in [0.29, 0.717) is 0 Å². The van der Waals surface area contributed by atoms with Crippen molar-refractivity contribution in [1.29, 1.82) is 0 Å². The zero-order valence-corrected chi connectivity index (χ0v) is 11.1. The van der Waals surface area contributed by atoms with Gasteiger partial charge in [-0.3, -0.25) is 0 Å². The van der Waals surface area contributed by atoms with Crippen molar-refractivity contribution in [3.8, 4) is 0 Å². The number of hydrogen-bond donors (Lipinski definition) is 0. The van der Waals surface area contributed by atoms with Crippen molar-refractivity contribution < 1.29 is 50.9 Å². The maximum atomic E-state index is 10.4. The standard InChI is InChI=1S/C3H8O5S3.Na/c1-10(4,5)3-2-9-11(6,7)8;/h2-3H2,1H3,(H,6,7,8);/q;+1/p-1. The van der Waals surface area contributed by atoms with Gasteiger partial charge in [0.1, 0.15) is 19.0 Å². The van der Waals surface area contributed by atoms with Crippen molar-refractivity contribution in [3.63, 3.8) is 0 Å². The number of rotatable bonds is 4. The molecule has 0 saturated heterocycles. The zero-order chi connectivity index (χ0) is 9.12. The minimum atomic E-state index is -4.34. The van der Waals surface area contributed by atoms with Crippen LogP contribution in [0.4, 0.5) is 0 Å². The third-order valence-electron chi connectivity index (χ3n) is 0.682. The van der Waals surface area contributed by atoms with Crippen molar-refractivity contribution in [3.05, 3.63) is 0 Å². The summed E-state index contributed by atoms with van der Waals surface area (Å²) in [5, 5.41) is 0. The molecule has 0 amide bonds. The Labute approximate surface area is 97.7 Å². The minimum absolute atomic E-state index is 0. The van der Waals surface area contributed by atoms with E-state index >= 15 is 0 Å². The summed E-state index contributed by atoms with van der Waals surface area (Å²) in [7, 11) is -7.42. The van der Waals surface area contributed by atoms with Crippen LogP contribution in [0.2, 0.25) is 0 Å². The molecule has 5 nitrogen and oxygen atoms in total. The quantitative estimate of drug-likeness (QED) is 0.285. The molecule has 0 aliphatic heterocycles. The van der Waals surface area contributed by atoms with Gasteiger partial charge in [-0.1, -0.05) is 0 Å². The van der Waals surface area contributed by atoms with Gasteiger partial charge in [0.15, 0.2) is 0 Å². The van der Waals surface area contributed by atoms with Crippen molar-refractivity contribution in [1.82, 2.24) is 0 Å². The first-order chi connectivity index (χ1) is 4.71. The molecule has 0 unspecified atom stereocenters. The molecular weight excluding hydrogens is 235 g/mol. The predicted octanol–water partition coefficient (Wildman–Crippen LogP) is -3.77. The van der Waals surface area contributed by atoms with Crippen LogP contribution in [0.3, 0.4) is 0 Å². The van der Waals surface area contributed by atoms with Gasteiger partial charge < -0.3 is 4.55 Å². The molecule has 0 spiro atoms. The van der Waals surface area contributed by atoms with Gasteiger partial charge in [0.05, 0.1) is 5.75 Å². The Kier molecular flexibility index (Phi) is 7.63. The summed E-state index contributed by atoms with van der Waals surface area (Å²) in [4.78, 5) is 0. The molecule has 0 fully saturated rings. The Hall–Kier alpha value is 1.21. The van der Waals surface area contributed by atoms with Crippen LogP contribution in [0, 0.1) is 0 Å². The average Bonchev–Trinajstić information content (AvgIpc) is 1.55. The van der Waals surface area contributed by atoms with Gasteiger partial charge in [0, 0.05) is 12.0 Å². The molecule has 0 aromatic rings. The topological polar surface area (TPSA) is 91.3 Å². The second-order valence-electron chi connectivity index (χ2n) is 1.86. The number of sulfone groups is 1. The third kappa shape index (κ3) is 13.8. The van der Waals surface area contributed by atoms with Gasteiger partial charge in [-0.05, 0) is 10.8 Å². The Balaban J connectivity index is 0. The summed E-state index contributed by atoms with van der Waals surface area (Å²) in [6, 6.07) is 0. The van der Waals surface area contributed by atoms with Crippen LogP contribution in [0.15, 0.2) is 0 Å². The van der Waals surface area contributed by atoms with Crippen molar-refractivity contribution in [2.45, 2.75) is 0 Å². The van der Waals surface area contributed by atoms with Crippen LogP contribution in [0.1, 0.15) is 0 Å². The molecule has 68 valence electrons. The summed E-state index contributed by atoms with van der Waals surface area (Å²) in [6.07, 6.45) is 0.977. The van der Waals surface area contributed by atoms with Gasteiger partial charge in [-0.15, -0.1) is 0 Å². The fourth-order valence-corrected chi connectivity index (χ4v) is 3.20. The van der Waals surface area contributed by atoms with Gasteiger partial charge in [0.2, 0.25) is 0 Å². The molecule has 0 saturated carbocycles. The smallest absolute Gasteiger partial charge is 0.739 e. The average molecular weight is 242 g/mol. The van der Waals surface area contributed by atoms with E-state index in [1.807, 2.05) is 0 Å². The monoisotopic (exact) mass is 242 g/mol. The first-order valence-electron chi connectivity index (χ1n) is 2.49. The van der Waals surface area contributed by atoms with E-state index in [4.69, 9.17) is 0 Å². The first-order valence-corrected chi connectivity index (χ1v) is 7.46. The predicted molar refractivity (Wildman–Crippen MR) is 41.9 cm³/mol. The van der Waals surface area contributed by atoms with Gasteiger partial charge in [-0.25, -0.2) is 16.8 Å². The van der Waals surface area contributed by atoms with Gasteiger partial charge in [0.25, 0.3) is 0 Å². The molecule has 0 aliphatic carbocycles. The third-order valence-corrected chi connectivity index (χ3v) is 3.91. The zero-order valence-electron chi connectivity index (χ0n) is 6.68. The van der Waals surface area contributed by atoms with Crippen molar-refractivity contribution >= 4 is 29.8 Å². The van der Waals surface area contributed by atoms with Gasteiger partial charge in [-0.2, -0.15) is 0 Å². The first kappa shape index (κ1) is 15.7. The van der Waals surface area contributed by atoms with E-state index in [1.54, 1.807) is 0 Å². The SMILES string of the molecule is CS(=O)(=O)CCSS(=O)(=O)[O-].[Na+]. The Morgan fingerprint density at radius 1 is 1.25 bits per heavy atom. The fourth-order valence-electron chi connectivity index (χ4n) is 0.287. The maximum Gasteiger partial charge on any atom is 1.00 e. The molecule has 0 atom stereocenters. The molecule has 12 heavy (non-hydrogen) atoms. The van der Waals surface area contributed by atoms with Crippen molar-refractivity contribution in [2.24, 2.45) is 0 Å². The van der Waals surface area contributed by atoms with Crippen LogP contribution < -0.4 is 29.6 Å². The molecule has 0 bridgehead atoms. The minimum Gasteiger partial charge on any atom is -0.739 e. The summed E-state index contributed by atoms with van der Waals surface area (Å²) in [5.74, 6) is -0.496. The summed E-state index contributed by atoms with van der Waals surface area (Å²) in [6.45, 7) is 0. The normalized spacial score (nSPS) is 12.2. The molecule has 9 heteroatoms. The van der Waals surface area contributed by atoms with Crippen LogP contribution in [-0.2, 0) is 19.0 Å². The Bertz CT molecular complexity index is 271. The summed E-state index contributed by atoms with van der Waals surface area (Å²) >= 11 is 0. The number of hydrogen-bond acceptors (Lipinski definition) is 6. The summed E-state index contributed by atoms with van der Waals surface area (Å²) < 4.78 is 50.6. The summed E-state index contributed by atoms with van der Waals surface area (Å²) in [5.41, 5.74) is 0. The van der Waals surface area contributed by atoms with Gasteiger partial charge >= 0.3 is 29.6 Å². The van der Waals surface area contributed by atoms with E-state index in [-0.39, 0.29) is 51.9 Å². The molecule has 0 aliphatic rings. The maximum absolute atomic E-state index is 10.4. The molecular formula is C3H7NaO5S3. The van der Waals surface area contributed by atoms with E-state index in [9.17, 15) is 21.4 Å². The molecule has 0 radical (unpaired) electrons. The molecule has 0 aromatic carbocycles. The van der Waals surface area contributed by atoms with E-state index in [0.717, 1.165) is 6.26 Å². The fraction of sp³-hybridized carbons (Fsp3) is 1.00. The van der Waals surface area contributed by atoms with E-state index in [1.165, 1.54) is 0 Å². The Morgan fingerprint density at radius 3 is 1.92 bits per heavy atom. The second kappa shape index (κ2) is 5.84. The van der Waals surface area contributed by atoms with E-state index < -0.39 is 19.0 Å².